The number of benzene rings is 3. The Labute approximate surface area is 204 Å². The molecule has 0 bridgehead atoms. The van der Waals surface area contributed by atoms with Gasteiger partial charge in [-0.15, -0.1) is 0 Å². The number of rotatable bonds is 11. The first-order valence-electron chi connectivity index (χ1n) is 12.7. The summed E-state index contributed by atoms with van der Waals surface area (Å²) in [5.74, 6) is 2.97. The van der Waals surface area contributed by atoms with Crippen LogP contribution in [-0.2, 0) is 19.3 Å². The molecule has 0 spiro atoms. The molecular formula is C31H38O3. The molecule has 1 aliphatic rings. The maximum absolute atomic E-state index is 9.09. The maximum Gasteiger partial charge on any atom is 0.119 e. The second-order valence-electron chi connectivity index (χ2n) is 9.48. The van der Waals surface area contributed by atoms with E-state index in [2.05, 4.69) is 66.7 Å². The number of unbranched alkanes of at least 4 members (excludes halogenated alkanes) is 2. The Bertz CT molecular complexity index is 1020. The van der Waals surface area contributed by atoms with Crippen LogP contribution in [-0.4, -0.2) is 25.9 Å². The van der Waals surface area contributed by atoms with E-state index in [4.69, 9.17) is 14.6 Å². The predicted molar refractivity (Wildman–Crippen MR) is 139 cm³/mol. The summed E-state index contributed by atoms with van der Waals surface area (Å²) in [6, 6.07) is 24.1. The number of hydrogen-bond donors (Lipinski definition) is 1. The van der Waals surface area contributed by atoms with E-state index in [9.17, 15) is 0 Å². The predicted octanol–water partition coefficient (Wildman–Crippen LogP) is 6.86. The van der Waals surface area contributed by atoms with Gasteiger partial charge in [-0.1, -0.05) is 55.3 Å². The lowest BCUT2D eigenvalue weighted by Crippen LogP contribution is -2.19. The highest BCUT2D eigenvalue weighted by atomic mass is 16.5. The Morgan fingerprint density at radius 1 is 0.765 bits per heavy atom. The molecule has 0 radical (unpaired) electrons. The monoisotopic (exact) mass is 458 g/mol. The van der Waals surface area contributed by atoms with Crippen molar-refractivity contribution in [3.63, 3.8) is 0 Å². The molecule has 34 heavy (non-hydrogen) atoms. The third-order valence-electron chi connectivity index (χ3n) is 7.41. The van der Waals surface area contributed by atoms with Gasteiger partial charge in [0.05, 0.1) is 14.2 Å². The molecule has 0 aromatic heterocycles. The molecule has 3 heteroatoms. The van der Waals surface area contributed by atoms with Gasteiger partial charge in [-0.25, -0.2) is 0 Å². The van der Waals surface area contributed by atoms with E-state index >= 15 is 0 Å². The molecule has 0 heterocycles. The zero-order valence-electron chi connectivity index (χ0n) is 20.6. The topological polar surface area (TPSA) is 38.7 Å². The lowest BCUT2D eigenvalue weighted by molar-refractivity contribution is 0.299. The van der Waals surface area contributed by atoms with Gasteiger partial charge in [0.2, 0.25) is 0 Å². The van der Waals surface area contributed by atoms with Crippen molar-refractivity contribution in [1.29, 1.82) is 0 Å². The largest absolute Gasteiger partial charge is 0.497 e. The molecule has 4 rings (SSSR count). The molecule has 0 aliphatic heterocycles. The van der Waals surface area contributed by atoms with Gasteiger partial charge in [-0.3, -0.25) is 0 Å². The third-order valence-corrected chi connectivity index (χ3v) is 7.41. The molecule has 3 aromatic rings. The van der Waals surface area contributed by atoms with Crippen molar-refractivity contribution in [2.75, 3.05) is 20.8 Å². The van der Waals surface area contributed by atoms with Gasteiger partial charge >= 0.3 is 0 Å². The number of aliphatic hydroxyl groups is 1. The molecular weight excluding hydrogens is 420 g/mol. The van der Waals surface area contributed by atoms with Gasteiger partial charge in [0.1, 0.15) is 11.5 Å². The average molecular weight is 459 g/mol. The fraction of sp³-hybridized carbons (Fsp3) is 0.419. The summed E-state index contributed by atoms with van der Waals surface area (Å²) in [5, 5.41) is 9.09. The summed E-state index contributed by atoms with van der Waals surface area (Å²) in [6.07, 6.45) is 9.06. The highest BCUT2D eigenvalue weighted by Crippen LogP contribution is 2.46. The number of ether oxygens (including phenoxy) is 2. The van der Waals surface area contributed by atoms with Crippen LogP contribution in [0.2, 0.25) is 0 Å². The van der Waals surface area contributed by atoms with Gasteiger partial charge in [-0.05, 0) is 102 Å². The number of hydrogen-bond acceptors (Lipinski definition) is 3. The standard InChI is InChI=1S/C31H38O3/c1-33-27-15-12-25(13-16-27)29-18-14-26-22-28(34-2)17-19-30(26)31(29)7-5-3-4-6-23-8-10-24(11-9-23)20-21-32/h8-13,15-17,19,22,29,31-32H,3-7,14,18,20-21H2,1-2H3. The van der Waals surface area contributed by atoms with Gasteiger partial charge in [0, 0.05) is 6.61 Å². The zero-order valence-corrected chi connectivity index (χ0v) is 20.6. The average Bonchev–Trinajstić information content (AvgIpc) is 2.89. The molecule has 2 atom stereocenters. The van der Waals surface area contributed by atoms with Crippen LogP contribution in [0.3, 0.4) is 0 Å². The molecule has 1 N–H and O–H groups in total. The van der Waals surface area contributed by atoms with Crippen LogP contribution in [0.5, 0.6) is 11.5 Å². The van der Waals surface area contributed by atoms with Crippen LogP contribution in [0, 0.1) is 0 Å². The summed E-state index contributed by atoms with van der Waals surface area (Å²) in [4.78, 5) is 0. The first-order chi connectivity index (χ1) is 16.7. The van der Waals surface area contributed by atoms with Crippen molar-refractivity contribution < 1.29 is 14.6 Å². The summed E-state index contributed by atoms with van der Waals surface area (Å²) in [5.41, 5.74) is 7.00. The fourth-order valence-electron chi connectivity index (χ4n) is 5.49. The molecule has 1 aliphatic carbocycles. The molecule has 0 fully saturated rings. The Morgan fingerprint density at radius 3 is 2.12 bits per heavy atom. The molecule has 0 saturated carbocycles. The summed E-state index contributed by atoms with van der Waals surface area (Å²) in [6.45, 7) is 0.216. The van der Waals surface area contributed by atoms with Crippen LogP contribution in [0.1, 0.15) is 71.8 Å². The Balaban J connectivity index is 1.40. The van der Waals surface area contributed by atoms with E-state index in [1.54, 1.807) is 14.2 Å². The summed E-state index contributed by atoms with van der Waals surface area (Å²) in [7, 11) is 3.48. The van der Waals surface area contributed by atoms with Gasteiger partial charge in [0.25, 0.3) is 0 Å². The maximum atomic E-state index is 9.09. The first kappa shape index (κ1) is 24.3. The van der Waals surface area contributed by atoms with Crippen LogP contribution >= 0.6 is 0 Å². The van der Waals surface area contributed by atoms with E-state index in [0.29, 0.717) is 11.8 Å². The highest BCUT2D eigenvalue weighted by Gasteiger charge is 2.30. The molecule has 0 amide bonds. The fourth-order valence-corrected chi connectivity index (χ4v) is 5.49. The third kappa shape index (κ3) is 6.01. The van der Waals surface area contributed by atoms with Crippen molar-refractivity contribution in [1.82, 2.24) is 0 Å². The van der Waals surface area contributed by atoms with Gasteiger partial charge < -0.3 is 14.6 Å². The van der Waals surface area contributed by atoms with Gasteiger partial charge in [-0.2, -0.15) is 0 Å². The molecule has 180 valence electrons. The van der Waals surface area contributed by atoms with Crippen LogP contribution in [0.4, 0.5) is 0 Å². The summed E-state index contributed by atoms with van der Waals surface area (Å²) < 4.78 is 10.9. The van der Waals surface area contributed by atoms with Crippen molar-refractivity contribution in [3.05, 3.63) is 94.5 Å². The lowest BCUT2D eigenvalue weighted by atomic mass is 9.70. The van der Waals surface area contributed by atoms with E-state index in [1.165, 1.54) is 59.9 Å². The molecule has 3 nitrogen and oxygen atoms in total. The van der Waals surface area contributed by atoms with Crippen molar-refractivity contribution in [3.8, 4) is 11.5 Å². The van der Waals surface area contributed by atoms with Crippen molar-refractivity contribution in [2.24, 2.45) is 0 Å². The number of fused-ring (bicyclic) bond motifs is 1. The van der Waals surface area contributed by atoms with Crippen molar-refractivity contribution >= 4 is 0 Å². The highest BCUT2D eigenvalue weighted by molar-refractivity contribution is 5.43. The number of aryl methyl sites for hydroxylation is 2. The quantitative estimate of drug-likeness (QED) is 0.319. The van der Waals surface area contributed by atoms with Crippen LogP contribution in [0.25, 0.3) is 0 Å². The Kier molecular flexibility index (Phi) is 8.65. The van der Waals surface area contributed by atoms with E-state index in [-0.39, 0.29) is 6.61 Å². The Hall–Kier alpha value is -2.78. The normalized spacial score (nSPS) is 17.3. The lowest BCUT2D eigenvalue weighted by Gasteiger charge is -2.34. The second-order valence-corrected chi connectivity index (χ2v) is 9.48. The minimum absolute atomic E-state index is 0.216. The molecule has 3 aromatic carbocycles. The summed E-state index contributed by atoms with van der Waals surface area (Å²) >= 11 is 0. The smallest absolute Gasteiger partial charge is 0.119 e. The number of methoxy groups -OCH3 is 2. The molecule has 2 unspecified atom stereocenters. The Morgan fingerprint density at radius 2 is 1.44 bits per heavy atom. The van der Waals surface area contributed by atoms with Crippen LogP contribution < -0.4 is 9.47 Å². The van der Waals surface area contributed by atoms with Crippen LogP contribution in [0.15, 0.2) is 66.7 Å². The number of aliphatic hydroxyl groups excluding tert-OH is 1. The zero-order chi connectivity index (χ0) is 23.8. The van der Waals surface area contributed by atoms with E-state index in [1.807, 2.05) is 0 Å². The van der Waals surface area contributed by atoms with Crippen molar-refractivity contribution in [2.45, 2.75) is 63.2 Å². The minimum Gasteiger partial charge on any atom is -0.497 e. The SMILES string of the molecule is COc1ccc(C2CCc3cc(OC)ccc3C2CCCCCc2ccc(CCO)cc2)cc1. The van der Waals surface area contributed by atoms with Gasteiger partial charge in [0.15, 0.2) is 0 Å². The van der Waals surface area contributed by atoms with E-state index in [0.717, 1.165) is 30.8 Å². The first-order valence-corrected chi connectivity index (χ1v) is 12.7. The minimum atomic E-state index is 0.216. The second kappa shape index (κ2) is 12.1. The molecule has 0 saturated heterocycles. The van der Waals surface area contributed by atoms with E-state index < -0.39 is 0 Å².